The van der Waals surface area contributed by atoms with Gasteiger partial charge in [-0.05, 0) is 36.2 Å². The van der Waals surface area contributed by atoms with Crippen LogP contribution in [-0.4, -0.2) is 67.7 Å². The summed E-state index contributed by atoms with van der Waals surface area (Å²) in [6.07, 6.45) is -3.91. The predicted octanol–water partition coefficient (Wildman–Crippen LogP) is 1.95. The summed E-state index contributed by atoms with van der Waals surface area (Å²) in [6.45, 7) is -0.400. The quantitative estimate of drug-likeness (QED) is 0.378. The number of halogens is 1. The SMILES string of the molecule is OCCc1ccc(Sc2cn([C@@H]3O[C@H](CO)[C@@H](O)[C@H](O)[C@H]3O)c3cc(Cl)ccc23)cc1. The lowest BCUT2D eigenvalue weighted by molar-refractivity contribution is -0.250. The molecular weight excluding hydrogens is 442 g/mol. The Morgan fingerprint density at radius 1 is 0.968 bits per heavy atom. The Morgan fingerprint density at radius 2 is 1.71 bits per heavy atom. The Bertz CT molecular complexity index is 1040. The highest BCUT2D eigenvalue weighted by Gasteiger charge is 2.44. The molecule has 2 aromatic carbocycles. The van der Waals surface area contributed by atoms with Gasteiger partial charge in [-0.25, -0.2) is 0 Å². The zero-order chi connectivity index (χ0) is 22.1. The van der Waals surface area contributed by atoms with Gasteiger partial charge in [0.15, 0.2) is 6.23 Å². The molecule has 2 heterocycles. The van der Waals surface area contributed by atoms with Crippen molar-refractivity contribution >= 4 is 34.3 Å². The van der Waals surface area contributed by atoms with Crippen molar-refractivity contribution in [3.05, 3.63) is 59.2 Å². The number of nitrogens with zero attached hydrogens (tertiary/aromatic N) is 1. The van der Waals surface area contributed by atoms with E-state index in [4.69, 9.17) is 21.4 Å². The number of aromatic nitrogens is 1. The molecule has 0 radical (unpaired) electrons. The van der Waals surface area contributed by atoms with Crippen molar-refractivity contribution in [2.24, 2.45) is 0 Å². The summed E-state index contributed by atoms with van der Waals surface area (Å²) < 4.78 is 7.42. The maximum Gasteiger partial charge on any atom is 0.163 e. The van der Waals surface area contributed by atoms with Crippen LogP contribution in [0.1, 0.15) is 11.8 Å². The average molecular weight is 466 g/mol. The van der Waals surface area contributed by atoms with Gasteiger partial charge >= 0.3 is 0 Å². The van der Waals surface area contributed by atoms with Crippen molar-refractivity contribution < 1.29 is 30.3 Å². The molecule has 1 aliphatic rings. The van der Waals surface area contributed by atoms with Gasteiger partial charge in [0, 0.05) is 33.0 Å². The van der Waals surface area contributed by atoms with E-state index in [0.717, 1.165) is 20.7 Å². The Labute approximate surface area is 188 Å². The minimum absolute atomic E-state index is 0.0971. The van der Waals surface area contributed by atoms with Gasteiger partial charge < -0.3 is 34.8 Å². The molecule has 4 rings (SSSR count). The summed E-state index contributed by atoms with van der Waals surface area (Å²) in [7, 11) is 0. The smallest absolute Gasteiger partial charge is 0.163 e. The van der Waals surface area contributed by atoms with Crippen molar-refractivity contribution in [3.63, 3.8) is 0 Å². The maximum absolute atomic E-state index is 10.6. The monoisotopic (exact) mass is 465 g/mol. The van der Waals surface area contributed by atoms with Gasteiger partial charge in [0.25, 0.3) is 0 Å². The van der Waals surface area contributed by atoms with E-state index in [9.17, 15) is 20.4 Å². The Balaban J connectivity index is 1.72. The molecule has 0 unspecified atom stereocenters. The van der Waals surface area contributed by atoms with E-state index in [2.05, 4.69) is 0 Å². The zero-order valence-corrected chi connectivity index (χ0v) is 18.1. The molecule has 1 aliphatic heterocycles. The first-order chi connectivity index (χ1) is 14.9. The van der Waals surface area contributed by atoms with Gasteiger partial charge in [-0.15, -0.1) is 0 Å². The molecule has 9 heteroatoms. The molecule has 3 aromatic rings. The predicted molar refractivity (Wildman–Crippen MR) is 117 cm³/mol. The molecule has 0 aliphatic carbocycles. The van der Waals surface area contributed by atoms with Gasteiger partial charge in [-0.2, -0.15) is 0 Å². The molecule has 7 nitrogen and oxygen atoms in total. The first-order valence-corrected chi connectivity index (χ1v) is 11.1. The molecular formula is C22H24ClNO6S. The molecule has 1 aromatic heterocycles. The van der Waals surface area contributed by atoms with Crippen molar-refractivity contribution in [2.45, 2.75) is 46.9 Å². The summed E-state index contributed by atoms with van der Waals surface area (Å²) in [5, 5.41) is 50.9. The lowest BCUT2D eigenvalue weighted by Gasteiger charge is -2.40. The van der Waals surface area contributed by atoms with Crippen molar-refractivity contribution in [3.8, 4) is 0 Å². The van der Waals surface area contributed by atoms with Crippen LogP contribution in [0.25, 0.3) is 10.9 Å². The van der Waals surface area contributed by atoms with Crippen molar-refractivity contribution in [1.29, 1.82) is 0 Å². The van der Waals surface area contributed by atoms with Crippen LogP contribution in [-0.2, 0) is 11.2 Å². The first-order valence-electron chi connectivity index (χ1n) is 9.91. The number of benzene rings is 2. The van der Waals surface area contributed by atoms with Crippen LogP contribution in [0.3, 0.4) is 0 Å². The van der Waals surface area contributed by atoms with Crippen LogP contribution < -0.4 is 0 Å². The molecule has 31 heavy (non-hydrogen) atoms. The molecule has 5 N–H and O–H groups in total. The van der Waals surface area contributed by atoms with E-state index in [-0.39, 0.29) is 6.61 Å². The molecule has 166 valence electrons. The van der Waals surface area contributed by atoms with E-state index in [1.165, 1.54) is 11.8 Å². The molecule has 0 amide bonds. The summed E-state index contributed by atoms with van der Waals surface area (Å²) in [4.78, 5) is 1.88. The fourth-order valence-corrected chi connectivity index (χ4v) is 4.92. The summed E-state index contributed by atoms with van der Waals surface area (Å²) in [5.41, 5.74) is 1.73. The minimum atomic E-state index is -1.47. The number of rotatable bonds is 6. The molecule has 0 saturated carbocycles. The van der Waals surface area contributed by atoms with Crippen LogP contribution >= 0.6 is 23.4 Å². The third-order valence-electron chi connectivity index (χ3n) is 5.45. The van der Waals surface area contributed by atoms with Gasteiger partial charge in [-0.3, -0.25) is 0 Å². The van der Waals surface area contributed by atoms with Crippen LogP contribution in [0.2, 0.25) is 5.02 Å². The summed E-state index contributed by atoms with van der Waals surface area (Å²) >= 11 is 7.74. The summed E-state index contributed by atoms with van der Waals surface area (Å²) in [6, 6.07) is 13.3. The van der Waals surface area contributed by atoms with Crippen molar-refractivity contribution in [1.82, 2.24) is 4.57 Å². The van der Waals surface area contributed by atoms with Crippen LogP contribution in [0.15, 0.2) is 58.5 Å². The number of aliphatic hydroxyl groups excluding tert-OH is 5. The second-order valence-corrected chi connectivity index (χ2v) is 9.05. The lowest BCUT2D eigenvalue weighted by atomic mass is 9.98. The van der Waals surface area contributed by atoms with E-state index >= 15 is 0 Å². The second-order valence-electron chi connectivity index (χ2n) is 7.50. The van der Waals surface area contributed by atoms with Gasteiger partial charge in [0.2, 0.25) is 0 Å². The third-order valence-corrected chi connectivity index (χ3v) is 6.74. The normalized spacial score (nSPS) is 26.5. The molecule has 0 bridgehead atoms. The second kappa shape index (κ2) is 9.48. The molecule has 0 spiro atoms. The highest BCUT2D eigenvalue weighted by molar-refractivity contribution is 7.99. The molecule has 1 saturated heterocycles. The largest absolute Gasteiger partial charge is 0.396 e. The maximum atomic E-state index is 10.6. The van der Waals surface area contributed by atoms with Crippen LogP contribution in [0.4, 0.5) is 0 Å². The Hall–Kier alpha value is -1.62. The van der Waals surface area contributed by atoms with E-state index < -0.39 is 37.3 Å². The highest BCUT2D eigenvalue weighted by Crippen LogP contribution is 2.40. The Kier molecular flexibility index (Phi) is 6.90. The fourth-order valence-electron chi connectivity index (χ4n) is 3.78. The van der Waals surface area contributed by atoms with Crippen LogP contribution in [0.5, 0.6) is 0 Å². The fraction of sp³-hybridized carbons (Fsp3) is 0.364. The number of hydrogen-bond donors (Lipinski definition) is 5. The topological polar surface area (TPSA) is 115 Å². The van der Waals surface area contributed by atoms with Crippen molar-refractivity contribution in [2.75, 3.05) is 13.2 Å². The lowest BCUT2D eigenvalue weighted by Crippen LogP contribution is -2.56. The highest BCUT2D eigenvalue weighted by atomic mass is 35.5. The number of ether oxygens (including phenoxy) is 1. The van der Waals surface area contributed by atoms with E-state index in [0.29, 0.717) is 17.0 Å². The average Bonchev–Trinajstić information content (AvgIpc) is 3.11. The van der Waals surface area contributed by atoms with Gasteiger partial charge in [-0.1, -0.05) is 41.6 Å². The third kappa shape index (κ3) is 4.48. The zero-order valence-electron chi connectivity index (χ0n) is 16.5. The number of fused-ring (bicyclic) bond motifs is 1. The van der Waals surface area contributed by atoms with Crippen LogP contribution in [0, 0.1) is 0 Å². The van der Waals surface area contributed by atoms with E-state index in [1.807, 2.05) is 30.3 Å². The first kappa shape index (κ1) is 22.6. The van der Waals surface area contributed by atoms with E-state index in [1.54, 1.807) is 22.9 Å². The standard InChI is InChI=1S/C22H24ClNO6S/c23-13-3-6-15-16(9-13)24(22-21(29)20(28)19(27)17(11-26)30-22)10-18(15)31-14-4-1-12(2-5-14)7-8-25/h1-6,9-10,17,19-22,25-29H,7-8,11H2/t17-,19-,20+,21-,22-/m1/s1. The van der Waals surface area contributed by atoms with Gasteiger partial charge in [0.1, 0.15) is 24.4 Å². The van der Waals surface area contributed by atoms with Gasteiger partial charge in [0.05, 0.1) is 12.1 Å². The minimum Gasteiger partial charge on any atom is -0.396 e. The number of aliphatic hydroxyl groups is 5. The summed E-state index contributed by atoms with van der Waals surface area (Å²) in [5.74, 6) is 0. The molecule has 1 fully saturated rings. The molecule has 5 atom stereocenters. The number of hydrogen-bond acceptors (Lipinski definition) is 7. The Morgan fingerprint density at radius 3 is 2.39 bits per heavy atom.